The first-order valence-corrected chi connectivity index (χ1v) is 6.89. The van der Waals surface area contributed by atoms with Crippen molar-refractivity contribution in [1.29, 1.82) is 0 Å². The van der Waals surface area contributed by atoms with Gasteiger partial charge in [0, 0.05) is 11.0 Å². The van der Waals surface area contributed by atoms with Crippen LogP contribution in [0.3, 0.4) is 0 Å². The van der Waals surface area contributed by atoms with Crippen molar-refractivity contribution in [3.05, 3.63) is 28.7 Å². The number of nitrogens with one attached hydrogen (secondary N) is 1. The fraction of sp³-hybridized carbons (Fsp3) is 0.462. The van der Waals surface area contributed by atoms with Crippen LogP contribution < -0.4 is 5.32 Å². The highest BCUT2D eigenvalue weighted by molar-refractivity contribution is 9.10. The fourth-order valence-electron chi connectivity index (χ4n) is 2.13. The molecule has 4 nitrogen and oxygen atoms in total. The van der Waals surface area contributed by atoms with Gasteiger partial charge in [-0.05, 0) is 47.4 Å². The predicted molar refractivity (Wildman–Crippen MR) is 74.5 cm³/mol. The van der Waals surface area contributed by atoms with Gasteiger partial charge in [0.1, 0.15) is 0 Å². The van der Waals surface area contributed by atoms with E-state index < -0.39 is 0 Å². The molecule has 0 unspecified atom stereocenters. The Morgan fingerprint density at radius 1 is 1.50 bits per heavy atom. The molecule has 1 aliphatic rings. The third-order valence-electron chi connectivity index (χ3n) is 3.00. The standard InChI is InChI=1S/C13H17BrN2O2/c14-11-5-1-2-6-12(11)15-13(18)9-16-7-3-4-10(17)8-16/h1-2,5-6,10,17H,3-4,7-9H2,(H,15,18)/t10-/m0/s1. The van der Waals surface area contributed by atoms with E-state index in [1.807, 2.05) is 29.2 Å². The number of piperidine rings is 1. The van der Waals surface area contributed by atoms with Crippen LogP contribution in [0.2, 0.25) is 0 Å². The van der Waals surface area contributed by atoms with Crippen molar-refractivity contribution < 1.29 is 9.90 Å². The lowest BCUT2D eigenvalue weighted by atomic mass is 10.1. The molecule has 1 aromatic rings. The Morgan fingerprint density at radius 2 is 2.28 bits per heavy atom. The number of para-hydroxylation sites is 1. The number of amides is 1. The van der Waals surface area contributed by atoms with Crippen molar-refractivity contribution in [3.8, 4) is 0 Å². The number of carbonyl (C=O) groups is 1. The van der Waals surface area contributed by atoms with E-state index in [2.05, 4.69) is 21.2 Å². The Hall–Kier alpha value is -0.910. The second-order valence-electron chi connectivity index (χ2n) is 4.56. The van der Waals surface area contributed by atoms with Gasteiger partial charge in [0.15, 0.2) is 0 Å². The molecule has 2 N–H and O–H groups in total. The van der Waals surface area contributed by atoms with E-state index in [1.165, 1.54) is 0 Å². The van der Waals surface area contributed by atoms with Crippen LogP contribution >= 0.6 is 15.9 Å². The second kappa shape index (κ2) is 6.31. The minimum atomic E-state index is -0.296. The highest BCUT2D eigenvalue weighted by Crippen LogP contribution is 2.21. The van der Waals surface area contributed by atoms with Crippen molar-refractivity contribution >= 4 is 27.5 Å². The molecule has 1 amide bonds. The number of hydrogen-bond donors (Lipinski definition) is 2. The number of anilines is 1. The number of carbonyl (C=O) groups excluding carboxylic acids is 1. The van der Waals surface area contributed by atoms with Crippen molar-refractivity contribution in [2.45, 2.75) is 18.9 Å². The maximum absolute atomic E-state index is 11.9. The van der Waals surface area contributed by atoms with Crippen molar-refractivity contribution in [2.24, 2.45) is 0 Å². The lowest BCUT2D eigenvalue weighted by molar-refractivity contribution is -0.118. The average molecular weight is 313 g/mol. The van der Waals surface area contributed by atoms with Gasteiger partial charge in [-0.2, -0.15) is 0 Å². The molecule has 1 aromatic carbocycles. The summed E-state index contributed by atoms with van der Waals surface area (Å²) >= 11 is 3.39. The van der Waals surface area contributed by atoms with Crippen LogP contribution in [0.4, 0.5) is 5.69 Å². The Balaban J connectivity index is 1.87. The number of nitrogens with zero attached hydrogens (tertiary/aromatic N) is 1. The molecule has 1 saturated heterocycles. The van der Waals surface area contributed by atoms with Crippen LogP contribution in [0, 0.1) is 0 Å². The zero-order chi connectivity index (χ0) is 13.0. The number of aliphatic hydroxyl groups is 1. The highest BCUT2D eigenvalue weighted by Gasteiger charge is 2.19. The summed E-state index contributed by atoms with van der Waals surface area (Å²) in [4.78, 5) is 13.9. The zero-order valence-electron chi connectivity index (χ0n) is 10.1. The van der Waals surface area contributed by atoms with Crippen molar-refractivity contribution in [3.63, 3.8) is 0 Å². The summed E-state index contributed by atoms with van der Waals surface area (Å²) in [7, 11) is 0. The molecule has 2 rings (SSSR count). The number of β-amino-alcohol motifs (C(OH)–C–C–N with tert-alkyl or cyclic N) is 1. The molecule has 1 aliphatic heterocycles. The van der Waals surface area contributed by atoms with E-state index in [-0.39, 0.29) is 12.0 Å². The van der Waals surface area contributed by atoms with Gasteiger partial charge in [-0.3, -0.25) is 9.69 Å². The van der Waals surface area contributed by atoms with E-state index in [9.17, 15) is 9.90 Å². The summed E-state index contributed by atoms with van der Waals surface area (Å²) in [5.41, 5.74) is 0.778. The van der Waals surface area contributed by atoms with Crippen LogP contribution in [0.5, 0.6) is 0 Å². The number of benzene rings is 1. The lowest BCUT2D eigenvalue weighted by Crippen LogP contribution is -2.42. The minimum absolute atomic E-state index is 0.0454. The number of hydrogen-bond acceptors (Lipinski definition) is 3. The molecule has 0 aliphatic carbocycles. The topological polar surface area (TPSA) is 52.6 Å². The van der Waals surface area contributed by atoms with Gasteiger partial charge in [-0.1, -0.05) is 12.1 Å². The van der Waals surface area contributed by atoms with Gasteiger partial charge < -0.3 is 10.4 Å². The predicted octanol–water partition coefficient (Wildman–Crippen LogP) is 1.84. The van der Waals surface area contributed by atoms with Crippen LogP contribution in [-0.2, 0) is 4.79 Å². The zero-order valence-corrected chi connectivity index (χ0v) is 11.7. The summed E-state index contributed by atoms with van der Waals surface area (Å²) in [6.45, 7) is 1.79. The molecule has 1 fully saturated rings. The van der Waals surface area contributed by atoms with Gasteiger partial charge in [-0.25, -0.2) is 0 Å². The van der Waals surface area contributed by atoms with Gasteiger partial charge in [-0.15, -0.1) is 0 Å². The number of likely N-dealkylation sites (tertiary alicyclic amines) is 1. The maximum atomic E-state index is 11.9. The normalized spacial score (nSPS) is 20.7. The third kappa shape index (κ3) is 3.80. The molecule has 0 bridgehead atoms. The Morgan fingerprint density at radius 3 is 3.00 bits per heavy atom. The summed E-state index contributed by atoms with van der Waals surface area (Å²) in [5.74, 6) is -0.0454. The number of halogens is 1. The summed E-state index contributed by atoms with van der Waals surface area (Å²) in [5, 5.41) is 12.4. The van der Waals surface area contributed by atoms with Crippen LogP contribution in [0.25, 0.3) is 0 Å². The smallest absolute Gasteiger partial charge is 0.238 e. The van der Waals surface area contributed by atoms with Gasteiger partial charge in [0.2, 0.25) is 5.91 Å². The molecule has 0 radical (unpaired) electrons. The first kappa shape index (κ1) is 13.5. The average Bonchev–Trinajstić information content (AvgIpc) is 2.32. The minimum Gasteiger partial charge on any atom is -0.392 e. The first-order valence-electron chi connectivity index (χ1n) is 6.10. The molecular weight excluding hydrogens is 296 g/mol. The van der Waals surface area contributed by atoms with Crippen LogP contribution in [-0.4, -0.2) is 41.7 Å². The van der Waals surface area contributed by atoms with Crippen LogP contribution in [0.15, 0.2) is 28.7 Å². The second-order valence-corrected chi connectivity index (χ2v) is 5.41. The summed E-state index contributed by atoms with van der Waals surface area (Å²) in [6.07, 6.45) is 1.49. The Kier molecular flexibility index (Phi) is 4.74. The monoisotopic (exact) mass is 312 g/mol. The molecule has 0 saturated carbocycles. The summed E-state index contributed by atoms with van der Waals surface area (Å²) in [6, 6.07) is 7.53. The van der Waals surface area contributed by atoms with Crippen molar-refractivity contribution in [2.75, 3.05) is 25.0 Å². The van der Waals surface area contributed by atoms with E-state index in [0.717, 1.165) is 29.5 Å². The molecule has 98 valence electrons. The van der Waals surface area contributed by atoms with E-state index >= 15 is 0 Å². The number of aliphatic hydroxyl groups excluding tert-OH is 1. The van der Waals surface area contributed by atoms with Gasteiger partial charge in [0.05, 0.1) is 18.3 Å². The van der Waals surface area contributed by atoms with Crippen molar-refractivity contribution in [1.82, 2.24) is 4.90 Å². The van der Waals surface area contributed by atoms with Crippen LogP contribution in [0.1, 0.15) is 12.8 Å². The molecule has 0 aromatic heterocycles. The fourth-order valence-corrected chi connectivity index (χ4v) is 2.51. The summed E-state index contributed by atoms with van der Waals surface area (Å²) < 4.78 is 0.872. The van der Waals surface area contributed by atoms with E-state index in [1.54, 1.807) is 0 Å². The third-order valence-corrected chi connectivity index (χ3v) is 3.69. The molecule has 0 spiro atoms. The molecular formula is C13H17BrN2O2. The highest BCUT2D eigenvalue weighted by atomic mass is 79.9. The van der Waals surface area contributed by atoms with E-state index in [4.69, 9.17) is 0 Å². The molecule has 5 heteroatoms. The largest absolute Gasteiger partial charge is 0.392 e. The quantitative estimate of drug-likeness (QED) is 0.895. The van der Waals surface area contributed by atoms with Gasteiger partial charge in [0.25, 0.3) is 0 Å². The maximum Gasteiger partial charge on any atom is 0.238 e. The first-order chi connectivity index (χ1) is 8.65. The SMILES string of the molecule is O=C(CN1CCC[C@H](O)C1)Nc1ccccc1Br. The van der Waals surface area contributed by atoms with Gasteiger partial charge >= 0.3 is 0 Å². The Labute approximate surface area is 115 Å². The number of rotatable bonds is 3. The van der Waals surface area contributed by atoms with E-state index in [0.29, 0.717) is 13.1 Å². The molecule has 1 heterocycles. The molecule has 1 atom stereocenters. The Bertz CT molecular complexity index is 425. The molecule has 18 heavy (non-hydrogen) atoms. The lowest BCUT2D eigenvalue weighted by Gasteiger charge is -2.29.